The van der Waals surface area contributed by atoms with Crippen LogP contribution in [0.2, 0.25) is 0 Å². The molecule has 4 heterocycles. The molecule has 0 bridgehead atoms. The molecule has 10 nitrogen and oxygen atoms in total. The zero-order valence-electron chi connectivity index (χ0n) is 26.4. The number of likely N-dealkylation sites (tertiary alicyclic amines) is 1. The summed E-state index contributed by atoms with van der Waals surface area (Å²) in [5.41, 5.74) is -1.32. The predicted molar refractivity (Wildman–Crippen MR) is 163 cm³/mol. The number of cyclic esters (lactones) is 1. The summed E-state index contributed by atoms with van der Waals surface area (Å²) in [5, 5.41) is 13.5. The van der Waals surface area contributed by atoms with Crippen molar-refractivity contribution in [1.29, 1.82) is 0 Å². The molecular weight excluding hydrogens is 562 g/mol. The first-order chi connectivity index (χ1) is 20.8. The van der Waals surface area contributed by atoms with Crippen LogP contribution in [0.25, 0.3) is 0 Å². The zero-order chi connectivity index (χ0) is 32.0. The highest BCUT2D eigenvalue weighted by Crippen LogP contribution is 2.54. The molecule has 4 aliphatic heterocycles. The van der Waals surface area contributed by atoms with Gasteiger partial charge in [0.05, 0.1) is 30.7 Å². The Bertz CT molecular complexity index is 1340. The van der Waals surface area contributed by atoms with Gasteiger partial charge in [0.25, 0.3) is 0 Å². The number of benzene rings is 1. The van der Waals surface area contributed by atoms with Crippen LogP contribution in [0, 0.1) is 17.8 Å². The number of carbonyl (C=O) groups is 4. The summed E-state index contributed by atoms with van der Waals surface area (Å²) in [6.07, 6.45) is 6.08. The minimum absolute atomic E-state index is 0.172. The van der Waals surface area contributed by atoms with E-state index in [0.29, 0.717) is 18.5 Å². The Morgan fingerprint density at radius 1 is 1.07 bits per heavy atom. The number of aliphatic hydroxyl groups is 1. The minimum Gasteiger partial charge on any atom is -0.455 e. The average molecular weight is 608 g/mol. The molecule has 4 aliphatic rings. The molecule has 0 radical (unpaired) electrons. The molecule has 1 aromatic carbocycles. The summed E-state index contributed by atoms with van der Waals surface area (Å²) in [6.45, 7) is 11.3. The van der Waals surface area contributed by atoms with Crippen LogP contribution in [-0.2, 0) is 28.7 Å². The second-order valence-corrected chi connectivity index (χ2v) is 13.7. The van der Waals surface area contributed by atoms with E-state index >= 15 is 0 Å². The number of rotatable bonds is 4. The van der Waals surface area contributed by atoms with Gasteiger partial charge in [-0.2, -0.15) is 0 Å². The van der Waals surface area contributed by atoms with Crippen LogP contribution < -0.4 is 5.32 Å². The molecule has 2 N–H and O–H groups in total. The van der Waals surface area contributed by atoms with Gasteiger partial charge in [-0.3, -0.25) is 19.2 Å². The molecule has 1 spiro atoms. The van der Waals surface area contributed by atoms with Crippen LogP contribution >= 0.6 is 0 Å². The normalized spacial score (nSPS) is 34.3. The fraction of sp³-hybridized carbons (Fsp3) is 0.588. The van der Waals surface area contributed by atoms with Gasteiger partial charge in [-0.05, 0) is 45.6 Å². The lowest BCUT2D eigenvalue weighted by atomic mass is 9.77. The van der Waals surface area contributed by atoms with Gasteiger partial charge in [0.2, 0.25) is 17.7 Å². The molecule has 0 unspecified atom stereocenters. The highest BCUT2D eigenvalue weighted by atomic mass is 16.6. The van der Waals surface area contributed by atoms with Gasteiger partial charge >= 0.3 is 5.97 Å². The number of nitrogens with zero attached hydrogens (tertiary/aromatic N) is 2. The topological polar surface area (TPSA) is 125 Å². The van der Waals surface area contributed by atoms with Crippen LogP contribution in [0.3, 0.4) is 0 Å². The molecule has 1 aromatic rings. The lowest BCUT2D eigenvalue weighted by Gasteiger charge is -2.42. The highest BCUT2D eigenvalue weighted by Gasteiger charge is 2.73. The van der Waals surface area contributed by atoms with Crippen LogP contribution in [0.1, 0.15) is 66.1 Å². The second kappa shape index (κ2) is 12.1. The molecule has 238 valence electrons. The van der Waals surface area contributed by atoms with Gasteiger partial charge in [-0.15, -0.1) is 0 Å². The van der Waals surface area contributed by atoms with Crippen LogP contribution in [0.5, 0.6) is 0 Å². The molecule has 3 amide bonds. The summed E-state index contributed by atoms with van der Waals surface area (Å²) in [4.78, 5) is 59.4. The largest absolute Gasteiger partial charge is 0.455 e. The standard InChI is InChI=1S/C34H45N3O7/c1-20(2)23(19-38)37-29-31(41)36(33(4,5)6)18-12-17-34(29)27(30(37)40)26-24(44-34)15-10-11-16-25(39)35-21(3)28(43-32(26)42)22-13-8-7-9-14-22/h7-10,12-15,17,20-21,23-24,26-29,38H,11,16,18-19H2,1-6H3,(H,35,39)/b15-10-/t21-,23+,24-,26+,27+,28+,29-,34+/m1/s1. The van der Waals surface area contributed by atoms with Gasteiger partial charge < -0.3 is 29.7 Å². The summed E-state index contributed by atoms with van der Waals surface area (Å²) >= 11 is 0. The maximum Gasteiger partial charge on any atom is 0.313 e. The number of hydrogen-bond acceptors (Lipinski definition) is 7. The number of nitrogens with one attached hydrogen (secondary N) is 1. The lowest BCUT2D eigenvalue weighted by Crippen LogP contribution is -2.61. The molecule has 44 heavy (non-hydrogen) atoms. The van der Waals surface area contributed by atoms with Crippen LogP contribution in [0.4, 0.5) is 0 Å². The van der Waals surface area contributed by atoms with Crippen molar-refractivity contribution >= 4 is 23.7 Å². The molecule has 8 atom stereocenters. The van der Waals surface area contributed by atoms with Crippen molar-refractivity contribution in [2.24, 2.45) is 17.8 Å². The van der Waals surface area contributed by atoms with E-state index in [1.807, 2.05) is 71.0 Å². The Morgan fingerprint density at radius 3 is 2.41 bits per heavy atom. The summed E-state index contributed by atoms with van der Waals surface area (Å²) < 4.78 is 13.0. The maximum atomic E-state index is 14.6. The fourth-order valence-electron chi connectivity index (χ4n) is 7.23. The molecule has 2 fully saturated rings. The van der Waals surface area contributed by atoms with E-state index in [1.54, 1.807) is 30.1 Å². The van der Waals surface area contributed by atoms with E-state index in [2.05, 4.69) is 5.32 Å². The minimum atomic E-state index is -1.46. The van der Waals surface area contributed by atoms with Crippen LogP contribution in [0.15, 0.2) is 54.6 Å². The van der Waals surface area contributed by atoms with E-state index in [1.165, 1.54) is 4.90 Å². The van der Waals surface area contributed by atoms with Crippen molar-refractivity contribution in [3.05, 3.63) is 60.2 Å². The molecule has 2 saturated heterocycles. The molecule has 0 saturated carbocycles. The van der Waals surface area contributed by atoms with Gasteiger partial charge in [-0.25, -0.2) is 0 Å². The summed E-state index contributed by atoms with van der Waals surface area (Å²) in [7, 11) is 0. The quantitative estimate of drug-likeness (QED) is 0.398. The van der Waals surface area contributed by atoms with Crippen molar-refractivity contribution in [3.63, 3.8) is 0 Å². The number of ether oxygens (including phenoxy) is 2. The van der Waals surface area contributed by atoms with Crippen molar-refractivity contribution < 1.29 is 33.8 Å². The Morgan fingerprint density at radius 2 is 1.77 bits per heavy atom. The number of allylic oxidation sites excluding steroid dienone is 1. The Hall–Kier alpha value is -3.50. The third-order valence-electron chi connectivity index (χ3n) is 9.41. The van der Waals surface area contributed by atoms with Crippen molar-refractivity contribution in [2.75, 3.05) is 13.2 Å². The molecule has 5 rings (SSSR count). The monoisotopic (exact) mass is 607 g/mol. The number of carbonyl (C=O) groups excluding carboxylic acids is 4. The second-order valence-electron chi connectivity index (χ2n) is 13.7. The molecule has 0 aromatic heterocycles. The van der Waals surface area contributed by atoms with E-state index in [-0.39, 0.29) is 30.8 Å². The first kappa shape index (κ1) is 31.9. The molecular formula is C34H45N3O7. The SMILES string of the molecule is CC(C)[C@H](CO)N1C(=O)[C@@H]2[C@H]3C(=O)O[C@H](c4ccccc4)[C@@H](C)NC(=O)CC/C=C\[C@H]3O[C@@]23C=CCN(C(C)(C)C)C(=O)[C@@H]13. The summed E-state index contributed by atoms with van der Waals surface area (Å²) in [6, 6.07) is 6.88. The predicted octanol–water partition coefficient (Wildman–Crippen LogP) is 2.92. The number of amides is 3. The van der Waals surface area contributed by atoms with Gasteiger partial charge in [-0.1, -0.05) is 68.5 Å². The third-order valence-corrected chi connectivity index (χ3v) is 9.41. The van der Waals surface area contributed by atoms with Crippen molar-refractivity contribution in [2.45, 2.75) is 95.9 Å². The number of hydrogen-bond donors (Lipinski definition) is 2. The van der Waals surface area contributed by atoms with Crippen molar-refractivity contribution in [3.8, 4) is 0 Å². The summed E-state index contributed by atoms with van der Waals surface area (Å²) in [5.74, 6) is -3.83. The average Bonchev–Trinajstić information content (AvgIpc) is 3.34. The smallest absolute Gasteiger partial charge is 0.313 e. The lowest BCUT2D eigenvalue weighted by molar-refractivity contribution is -0.162. The number of esters is 1. The first-order valence-electron chi connectivity index (χ1n) is 15.6. The number of fused-ring (bicyclic) bond motifs is 2. The Labute approximate surface area is 259 Å². The van der Waals surface area contributed by atoms with Gasteiger partial charge in [0, 0.05) is 18.5 Å². The first-order valence-corrected chi connectivity index (χ1v) is 15.6. The zero-order valence-corrected chi connectivity index (χ0v) is 26.4. The van der Waals surface area contributed by atoms with Crippen LogP contribution in [-0.4, -0.2) is 87.1 Å². The van der Waals surface area contributed by atoms with E-state index in [9.17, 15) is 24.3 Å². The molecule has 0 aliphatic carbocycles. The van der Waals surface area contributed by atoms with E-state index in [0.717, 1.165) is 0 Å². The number of aliphatic hydroxyl groups excluding tert-OH is 1. The highest BCUT2D eigenvalue weighted by molar-refractivity contribution is 5.99. The molecule has 10 heteroatoms. The van der Waals surface area contributed by atoms with E-state index in [4.69, 9.17) is 9.47 Å². The Kier molecular flexibility index (Phi) is 8.79. The maximum absolute atomic E-state index is 14.6. The van der Waals surface area contributed by atoms with E-state index < -0.39 is 65.2 Å². The van der Waals surface area contributed by atoms with Gasteiger partial charge in [0.1, 0.15) is 23.7 Å². The fourth-order valence-corrected chi connectivity index (χ4v) is 7.23. The third kappa shape index (κ3) is 5.47. The van der Waals surface area contributed by atoms with Crippen molar-refractivity contribution in [1.82, 2.24) is 15.1 Å². The Balaban J connectivity index is 1.65. The van der Waals surface area contributed by atoms with Gasteiger partial charge in [0.15, 0.2) is 0 Å².